The molecule has 92 valence electrons. The van der Waals surface area contributed by atoms with Gasteiger partial charge in [0.2, 0.25) is 5.91 Å². The zero-order valence-corrected chi connectivity index (χ0v) is 10.5. The lowest BCUT2D eigenvalue weighted by Crippen LogP contribution is -2.19. The van der Waals surface area contributed by atoms with Crippen LogP contribution in [0.5, 0.6) is 5.75 Å². The number of anilines is 1. The van der Waals surface area contributed by atoms with Crippen molar-refractivity contribution in [2.75, 3.05) is 5.32 Å². The van der Waals surface area contributed by atoms with E-state index in [-0.39, 0.29) is 12.0 Å². The number of benzene rings is 1. The molecule has 0 fully saturated rings. The lowest BCUT2D eigenvalue weighted by molar-refractivity contribution is -0.116. The summed E-state index contributed by atoms with van der Waals surface area (Å²) >= 11 is 0. The lowest BCUT2D eigenvalue weighted by Gasteiger charge is -2.19. The highest BCUT2D eigenvalue weighted by molar-refractivity contribution is 5.94. The second kappa shape index (κ2) is 5.21. The number of nitrogens with one attached hydrogen (secondary N) is 1. The van der Waals surface area contributed by atoms with Gasteiger partial charge in [0.05, 0.1) is 6.10 Å². The summed E-state index contributed by atoms with van der Waals surface area (Å²) in [6.45, 7) is 4.22. The third kappa shape index (κ3) is 2.99. The van der Waals surface area contributed by atoms with E-state index in [1.54, 1.807) is 0 Å². The number of hydrogen-bond acceptors (Lipinski definition) is 2. The predicted molar refractivity (Wildman–Crippen MR) is 68.4 cm³/mol. The van der Waals surface area contributed by atoms with Crippen molar-refractivity contribution in [2.45, 2.75) is 45.6 Å². The quantitative estimate of drug-likeness (QED) is 0.867. The molecule has 0 aromatic heterocycles. The van der Waals surface area contributed by atoms with Crippen molar-refractivity contribution in [2.24, 2.45) is 0 Å². The minimum absolute atomic E-state index is 0.0938. The van der Waals surface area contributed by atoms with Crippen LogP contribution in [0.4, 0.5) is 5.69 Å². The van der Waals surface area contributed by atoms with Crippen LogP contribution in [-0.4, -0.2) is 12.0 Å². The molecule has 1 amide bonds. The summed E-state index contributed by atoms with van der Waals surface area (Å²) < 4.78 is 5.80. The van der Waals surface area contributed by atoms with E-state index in [1.807, 2.05) is 18.2 Å². The number of carbonyl (C=O) groups is 1. The van der Waals surface area contributed by atoms with Crippen LogP contribution in [0.25, 0.3) is 0 Å². The van der Waals surface area contributed by atoms with E-state index in [9.17, 15) is 4.79 Å². The summed E-state index contributed by atoms with van der Waals surface area (Å²) in [5.41, 5.74) is 2.10. The SMILES string of the molecule is CCCC(C)Oc1ccc2c(c1)NC(=O)CC2. The Morgan fingerprint density at radius 3 is 3.00 bits per heavy atom. The van der Waals surface area contributed by atoms with Crippen molar-refractivity contribution in [1.82, 2.24) is 0 Å². The molecular formula is C14H19NO2. The Balaban J connectivity index is 2.10. The normalized spacial score (nSPS) is 16.0. The highest BCUT2D eigenvalue weighted by atomic mass is 16.5. The van der Waals surface area contributed by atoms with Crippen molar-refractivity contribution in [3.63, 3.8) is 0 Å². The molecule has 1 heterocycles. The number of ether oxygens (including phenoxy) is 1. The maximum absolute atomic E-state index is 11.3. The average molecular weight is 233 g/mol. The molecule has 1 N–H and O–H groups in total. The fourth-order valence-electron chi connectivity index (χ4n) is 2.12. The van der Waals surface area contributed by atoms with Gasteiger partial charge in [-0.3, -0.25) is 4.79 Å². The van der Waals surface area contributed by atoms with Crippen molar-refractivity contribution in [3.8, 4) is 5.75 Å². The molecule has 0 aliphatic carbocycles. The van der Waals surface area contributed by atoms with Crippen LogP contribution in [-0.2, 0) is 11.2 Å². The molecule has 1 aliphatic heterocycles. The molecule has 0 radical (unpaired) electrons. The molecule has 1 atom stereocenters. The smallest absolute Gasteiger partial charge is 0.224 e. The van der Waals surface area contributed by atoms with Gasteiger partial charge in [0, 0.05) is 18.2 Å². The van der Waals surface area contributed by atoms with Crippen LogP contribution < -0.4 is 10.1 Å². The Kier molecular flexibility index (Phi) is 3.67. The van der Waals surface area contributed by atoms with E-state index < -0.39 is 0 Å². The van der Waals surface area contributed by atoms with Crippen LogP contribution in [0.2, 0.25) is 0 Å². The molecule has 0 saturated carbocycles. The van der Waals surface area contributed by atoms with Gasteiger partial charge in [-0.2, -0.15) is 0 Å². The van der Waals surface area contributed by atoms with Gasteiger partial charge in [-0.15, -0.1) is 0 Å². The number of carbonyl (C=O) groups excluding carboxylic acids is 1. The topological polar surface area (TPSA) is 38.3 Å². The van der Waals surface area contributed by atoms with E-state index in [1.165, 1.54) is 5.56 Å². The third-order valence-electron chi connectivity index (χ3n) is 3.01. The molecule has 1 aromatic carbocycles. The first kappa shape index (κ1) is 12.0. The number of aryl methyl sites for hydroxylation is 1. The zero-order chi connectivity index (χ0) is 12.3. The van der Waals surface area contributed by atoms with E-state index in [0.717, 1.165) is 30.7 Å². The summed E-state index contributed by atoms with van der Waals surface area (Å²) in [6, 6.07) is 5.96. The molecule has 1 aliphatic rings. The second-order valence-electron chi connectivity index (χ2n) is 4.58. The molecule has 17 heavy (non-hydrogen) atoms. The van der Waals surface area contributed by atoms with Gasteiger partial charge in [-0.25, -0.2) is 0 Å². The largest absolute Gasteiger partial charge is 0.491 e. The first-order chi connectivity index (χ1) is 8.19. The minimum Gasteiger partial charge on any atom is -0.491 e. The maximum atomic E-state index is 11.3. The first-order valence-corrected chi connectivity index (χ1v) is 6.28. The van der Waals surface area contributed by atoms with Gasteiger partial charge >= 0.3 is 0 Å². The summed E-state index contributed by atoms with van der Waals surface area (Å²) in [7, 11) is 0. The molecule has 0 bridgehead atoms. The Labute approximate surface area is 102 Å². The highest BCUT2D eigenvalue weighted by Crippen LogP contribution is 2.27. The minimum atomic E-state index is 0.0938. The van der Waals surface area contributed by atoms with Crippen LogP contribution in [0.3, 0.4) is 0 Å². The van der Waals surface area contributed by atoms with Crippen LogP contribution in [0, 0.1) is 0 Å². The van der Waals surface area contributed by atoms with E-state index >= 15 is 0 Å². The fourth-order valence-corrected chi connectivity index (χ4v) is 2.12. The maximum Gasteiger partial charge on any atom is 0.224 e. The Morgan fingerprint density at radius 2 is 2.24 bits per heavy atom. The molecule has 1 unspecified atom stereocenters. The van der Waals surface area contributed by atoms with Crippen molar-refractivity contribution in [1.29, 1.82) is 0 Å². The summed E-state index contributed by atoms with van der Waals surface area (Å²) in [5.74, 6) is 0.933. The van der Waals surface area contributed by atoms with Gasteiger partial charge in [0.15, 0.2) is 0 Å². The molecule has 1 aromatic rings. The Morgan fingerprint density at radius 1 is 1.41 bits per heavy atom. The van der Waals surface area contributed by atoms with Gasteiger partial charge in [-0.05, 0) is 31.4 Å². The summed E-state index contributed by atoms with van der Waals surface area (Å²) in [4.78, 5) is 11.3. The average Bonchev–Trinajstić information content (AvgIpc) is 2.28. The Hall–Kier alpha value is -1.51. The van der Waals surface area contributed by atoms with Crippen LogP contribution >= 0.6 is 0 Å². The van der Waals surface area contributed by atoms with Crippen molar-refractivity contribution in [3.05, 3.63) is 23.8 Å². The van der Waals surface area contributed by atoms with Crippen LogP contribution in [0.1, 0.15) is 38.7 Å². The molecule has 3 heteroatoms. The van der Waals surface area contributed by atoms with Crippen molar-refractivity contribution >= 4 is 11.6 Å². The summed E-state index contributed by atoms with van der Waals surface area (Å²) in [6.07, 6.45) is 3.79. The van der Waals surface area contributed by atoms with E-state index in [0.29, 0.717) is 6.42 Å². The highest BCUT2D eigenvalue weighted by Gasteiger charge is 2.15. The first-order valence-electron chi connectivity index (χ1n) is 6.28. The third-order valence-corrected chi connectivity index (χ3v) is 3.01. The molecule has 2 rings (SSSR count). The zero-order valence-electron chi connectivity index (χ0n) is 10.5. The number of fused-ring (bicyclic) bond motifs is 1. The van der Waals surface area contributed by atoms with Gasteiger partial charge < -0.3 is 10.1 Å². The second-order valence-corrected chi connectivity index (χ2v) is 4.58. The van der Waals surface area contributed by atoms with Gasteiger partial charge in [0.1, 0.15) is 5.75 Å². The monoisotopic (exact) mass is 233 g/mol. The molecule has 0 spiro atoms. The number of amides is 1. The fraction of sp³-hybridized carbons (Fsp3) is 0.500. The Bertz CT molecular complexity index is 415. The van der Waals surface area contributed by atoms with E-state index in [2.05, 4.69) is 19.2 Å². The molecule has 3 nitrogen and oxygen atoms in total. The number of rotatable bonds is 4. The summed E-state index contributed by atoms with van der Waals surface area (Å²) in [5, 5.41) is 2.89. The van der Waals surface area contributed by atoms with Crippen LogP contribution in [0.15, 0.2) is 18.2 Å². The standard InChI is InChI=1S/C14H19NO2/c1-3-4-10(2)17-12-7-5-11-6-8-14(16)15-13(11)9-12/h5,7,9-10H,3-4,6,8H2,1-2H3,(H,15,16). The van der Waals surface area contributed by atoms with Crippen molar-refractivity contribution < 1.29 is 9.53 Å². The molecular weight excluding hydrogens is 214 g/mol. The van der Waals surface area contributed by atoms with Gasteiger partial charge in [-0.1, -0.05) is 19.4 Å². The lowest BCUT2D eigenvalue weighted by atomic mass is 10.0. The van der Waals surface area contributed by atoms with E-state index in [4.69, 9.17) is 4.74 Å². The predicted octanol–water partition coefficient (Wildman–Crippen LogP) is 3.14. The van der Waals surface area contributed by atoms with Gasteiger partial charge in [0.25, 0.3) is 0 Å². The number of hydrogen-bond donors (Lipinski definition) is 1. The molecule has 0 saturated heterocycles.